The minimum absolute atomic E-state index is 0.0189. The summed E-state index contributed by atoms with van der Waals surface area (Å²) < 4.78 is 0. The van der Waals surface area contributed by atoms with Gasteiger partial charge in [-0.15, -0.1) is 0 Å². The molecule has 0 aliphatic carbocycles. The summed E-state index contributed by atoms with van der Waals surface area (Å²) in [7, 11) is 0. The monoisotopic (exact) mass is 318 g/mol. The minimum Gasteiger partial charge on any atom is -0.352 e. The molecule has 0 radical (unpaired) electrons. The van der Waals surface area contributed by atoms with Crippen molar-refractivity contribution < 1.29 is 14.8 Å². The Morgan fingerprint density at radius 3 is 2.05 bits per heavy atom. The molecule has 0 saturated heterocycles. The average Bonchev–Trinajstić information content (AvgIpc) is 2.55. The van der Waals surface area contributed by atoms with Crippen LogP contribution in [0.1, 0.15) is 16.8 Å². The third-order valence-corrected chi connectivity index (χ3v) is 3.34. The van der Waals surface area contributed by atoms with Crippen molar-refractivity contribution in [3.8, 4) is 11.1 Å². The summed E-state index contributed by atoms with van der Waals surface area (Å²) in [6.45, 7) is 0.157. The molecule has 114 valence electrons. The van der Waals surface area contributed by atoms with Crippen LogP contribution in [0.3, 0.4) is 0 Å². The smallest absolute Gasteiger partial charge is 0.251 e. The lowest BCUT2D eigenvalue weighted by molar-refractivity contribution is -0.129. The summed E-state index contributed by atoms with van der Waals surface area (Å²) in [5.41, 5.74) is 4.00. The molecule has 0 atom stereocenters. The van der Waals surface area contributed by atoms with Crippen LogP contribution in [0.15, 0.2) is 48.5 Å². The summed E-state index contributed by atoms with van der Waals surface area (Å²) in [6, 6.07) is 14.6. The van der Waals surface area contributed by atoms with Crippen molar-refractivity contribution in [1.29, 1.82) is 0 Å². The van der Waals surface area contributed by atoms with E-state index in [1.807, 2.05) is 36.4 Å². The summed E-state index contributed by atoms with van der Waals surface area (Å²) in [4.78, 5) is 22.7. The number of hydroxylamine groups is 1. The van der Waals surface area contributed by atoms with Crippen molar-refractivity contribution in [1.82, 2.24) is 10.8 Å². The van der Waals surface area contributed by atoms with E-state index in [4.69, 9.17) is 16.8 Å². The summed E-state index contributed by atoms with van der Waals surface area (Å²) in [6.07, 6.45) is 0.0189. The van der Waals surface area contributed by atoms with E-state index in [0.29, 0.717) is 10.6 Å². The first-order valence-corrected chi connectivity index (χ1v) is 7.05. The van der Waals surface area contributed by atoms with Gasteiger partial charge in [-0.1, -0.05) is 35.9 Å². The molecule has 0 unspecified atom stereocenters. The molecule has 2 rings (SSSR count). The largest absolute Gasteiger partial charge is 0.352 e. The normalized spacial score (nSPS) is 10.1. The van der Waals surface area contributed by atoms with Gasteiger partial charge in [-0.25, -0.2) is 5.48 Å². The van der Waals surface area contributed by atoms with Gasteiger partial charge in [0.25, 0.3) is 5.91 Å². The number of amides is 2. The van der Waals surface area contributed by atoms with E-state index in [9.17, 15) is 9.59 Å². The second kappa shape index (κ2) is 7.59. The SMILES string of the molecule is O=C(CCNC(=O)c1ccc(-c2ccc(Cl)cc2)cc1)NO. The molecule has 0 fully saturated rings. The number of rotatable bonds is 5. The molecular formula is C16H15ClN2O3. The fourth-order valence-corrected chi connectivity index (χ4v) is 2.03. The van der Waals surface area contributed by atoms with Gasteiger partial charge in [0.15, 0.2) is 0 Å². The van der Waals surface area contributed by atoms with Crippen LogP contribution in [0.4, 0.5) is 0 Å². The maximum Gasteiger partial charge on any atom is 0.251 e. The van der Waals surface area contributed by atoms with Crippen molar-refractivity contribution in [2.45, 2.75) is 6.42 Å². The van der Waals surface area contributed by atoms with Crippen LogP contribution in [0, 0.1) is 0 Å². The topological polar surface area (TPSA) is 78.4 Å². The molecule has 2 amide bonds. The van der Waals surface area contributed by atoms with Crippen LogP contribution >= 0.6 is 11.6 Å². The highest BCUT2D eigenvalue weighted by atomic mass is 35.5. The van der Waals surface area contributed by atoms with E-state index >= 15 is 0 Å². The van der Waals surface area contributed by atoms with Crippen molar-refractivity contribution >= 4 is 23.4 Å². The molecule has 0 aliphatic rings. The Hall–Kier alpha value is -2.37. The highest BCUT2D eigenvalue weighted by Crippen LogP contribution is 2.21. The molecule has 0 aromatic heterocycles. The van der Waals surface area contributed by atoms with Crippen molar-refractivity contribution in [2.75, 3.05) is 6.54 Å². The number of halogens is 1. The molecule has 5 nitrogen and oxygen atoms in total. The van der Waals surface area contributed by atoms with Crippen molar-refractivity contribution in [2.24, 2.45) is 0 Å². The molecule has 0 heterocycles. The van der Waals surface area contributed by atoms with Gasteiger partial charge in [0.1, 0.15) is 0 Å². The predicted molar refractivity (Wildman–Crippen MR) is 83.8 cm³/mol. The van der Waals surface area contributed by atoms with E-state index in [1.165, 1.54) is 5.48 Å². The first-order valence-electron chi connectivity index (χ1n) is 6.67. The maximum absolute atomic E-state index is 11.9. The Labute approximate surface area is 132 Å². The van der Waals surface area contributed by atoms with Crippen LogP contribution in [-0.4, -0.2) is 23.6 Å². The fraction of sp³-hybridized carbons (Fsp3) is 0.125. The van der Waals surface area contributed by atoms with Crippen LogP contribution in [-0.2, 0) is 4.79 Å². The molecule has 2 aromatic carbocycles. The zero-order valence-electron chi connectivity index (χ0n) is 11.7. The van der Waals surface area contributed by atoms with Crippen LogP contribution in [0.5, 0.6) is 0 Å². The lowest BCUT2D eigenvalue weighted by Gasteiger charge is -2.06. The zero-order chi connectivity index (χ0) is 15.9. The zero-order valence-corrected chi connectivity index (χ0v) is 12.4. The Balaban J connectivity index is 1.97. The van der Waals surface area contributed by atoms with Gasteiger partial charge in [0, 0.05) is 23.6 Å². The quantitative estimate of drug-likeness (QED) is 0.586. The third kappa shape index (κ3) is 4.31. The molecule has 6 heteroatoms. The van der Waals surface area contributed by atoms with E-state index < -0.39 is 5.91 Å². The van der Waals surface area contributed by atoms with E-state index in [1.54, 1.807) is 12.1 Å². The molecule has 2 aromatic rings. The lowest BCUT2D eigenvalue weighted by Crippen LogP contribution is -2.29. The first kappa shape index (κ1) is 16.0. The Morgan fingerprint density at radius 1 is 0.955 bits per heavy atom. The molecule has 3 N–H and O–H groups in total. The van der Waals surface area contributed by atoms with Crippen molar-refractivity contribution in [3.05, 3.63) is 59.1 Å². The summed E-state index contributed by atoms with van der Waals surface area (Å²) in [5, 5.41) is 11.6. The second-order valence-electron chi connectivity index (χ2n) is 4.63. The molecule has 22 heavy (non-hydrogen) atoms. The summed E-state index contributed by atoms with van der Waals surface area (Å²) >= 11 is 5.85. The minimum atomic E-state index is -0.543. The van der Waals surface area contributed by atoms with Gasteiger partial charge in [-0.2, -0.15) is 0 Å². The van der Waals surface area contributed by atoms with Gasteiger partial charge >= 0.3 is 0 Å². The third-order valence-electron chi connectivity index (χ3n) is 3.09. The van der Waals surface area contributed by atoms with E-state index in [2.05, 4.69) is 5.32 Å². The number of hydrogen-bond acceptors (Lipinski definition) is 3. The highest BCUT2D eigenvalue weighted by molar-refractivity contribution is 6.30. The molecule has 0 saturated carbocycles. The van der Waals surface area contributed by atoms with Crippen LogP contribution < -0.4 is 10.8 Å². The Bertz CT molecular complexity index is 654. The molecule has 0 aliphatic heterocycles. The van der Waals surface area contributed by atoms with Gasteiger partial charge in [0.05, 0.1) is 0 Å². The second-order valence-corrected chi connectivity index (χ2v) is 5.06. The Morgan fingerprint density at radius 2 is 1.50 bits per heavy atom. The van der Waals surface area contributed by atoms with Gasteiger partial charge in [-0.05, 0) is 35.4 Å². The van der Waals surface area contributed by atoms with Crippen LogP contribution in [0.2, 0.25) is 5.02 Å². The lowest BCUT2D eigenvalue weighted by atomic mass is 10.0. The van der Waals surface area contributed by atoms with Crippen LogP contribution in [0.25, 0.3) is 11.1 Å². The van der Waals surface area contributed by atoms with Gasteiger partial charge < -0.3 is 5.32 Å². The number of nitrogens with one attached hydrogen (secondary N) is 2. The summed E-state index contributed by atoms with van der Waals surface area (Å²) in [5.74, 6) is -0.813. The average molecular weight is 319 g/mol. The van der Waals surface area contributed by atoms with Gasteiger partial charge in [-0.3, -0.25) is 14.8 Å². The number of carbonyl (C=O) groups excluding carboxylic acids is 2. The van der Waals surface area contributed by atoms with E-state index in [0.717, 1.165) is 11.1 Å². The van der Waals surface area contributed by atoms with Crippen molar-refractivity contribution in [3.63, 3.8) is 0 Å². The number of hydrogen-bond donors (Lipinski definition) is 3. The van der Waals surface area contributed by atoms with E-state index in [-0.39, 0.29) is 18.9 Å². The fourth-order valence-electron chi connectivity index (χ4n) is 1.90. The molecular weight excluding hydrogens is 304 g/mol. The number of carbonyl (C=O) groups is 2. The number of benzene rings is 2. The highest BCUT2D eigenvalue weighted by Gasteiger charge is 2.07. The maximum atomic E-state index is 11.9. The molecule has 0 bridgehead atoms. The standard InChI is InChI=1S/C16H15ClN2O3/c17-14-7-5-12(6-8-14)11-1-3-13(4-2-11)16(21)18-10-9-15(20)19-22/h1-8,22H,9-10H2,(H,18,21)(H,19,20). The van der Waals surface area contributed by atoms with Gasteiger partial charge in [0.2, 0.25) is 5.91 Å². The Kier molecular flexibility index (Phi) is 5.52. The molecule has 0 spiro atoms. The first-order chi connectivity index (χ1) is 10.6. The predicted octanol–water partition coefficient (Wildman–Crippen LogP) is 2.63.